The number of rotatable bonds is 7. The maximum atomic E-state index is 11.7. The van der Waals surface area contributed by atoms with E-state index in [4.69, 9.17) is 0 Å². The fourth-order valence-electron chi connectivity index (χ4n) is 1.37. The SMILES string of the molecule is CCNC(=O)C(NC(=O)CNC)C(C)CC. The van der Waals surface area contributed by atoms with E-state index in [1.807, 2.05) is 20.8 Å². The van der Waals surface area contributed by atoms with E-state index in [1.54, 1.807) is 7.05 Å². The van der Waals surface area contributed by atoms with Crippen molar-refractivity contribution in [3.8, 4) is 0 Å². The Labute approximate surface area is 97.4 Å². The number of hydrogen-bond donors (Lipinski definition) is 3. The molecule has 0 saturated heterocycles. The molecule has 0 fully saturated rings. The van der Waals surface area contributed by atoms with Crippen molar-refractivity contribution < 1.29 is 9.59 Å². The minimum atomic E-state index is -0.439. The van der Waals surface area contributed by atoms with E-state index < -0.39 is 6.04 Å². The van der Waals surface area contributed by atoms with Crippen LogP contribution in [0.1, 0.15) is 27.2 Å². The molecule has 0 bridgehead atoms. The second kappa shape index (κ2) is 8.10. The van der Waals surface area contributed by atoms with Crippen molar-refractivity contribution in [3.63, 3.8) is 0 Å². The van der Waals surface area contributed by atoms with Crippen molar-refractivity contribution in [3.05, 3.63) is 0 Å². The molecular weight excluding hydrogens is 206 g/mol. The smallest absolute Gasteiger partial charge is 0.242 e. The quantitative estimate of drug-likeness (QED) is 0.569. The summed E-state index contributed by atoms with van der Waals surface area (Å²) < 4.78 is 0. The predicted octanol–water partition coefficient (Wildman–Crippen LogP) is -0.127. The molecule has 5 nitrogen and oxygen atoms in total. The third-order valence-electron chi connectivity index (χ3n) is 2.50. The van der Waals surface area contributed by atoms with Crippen LogP contribution in [0.5, 0.6) is 0 Å². The van der Waals surface area contributed by atoms with Gasteiger partial charge in [-0.3, -0.25) is 9.59 Å². The minimum absolute atomic E-state index is 0.110. The molecule has 2 unspecified atom stereocenters. The van der Waals surface area contributed by atoms with Gasteiger partial charge in [0.2, 0.25) is 11.8 Å². The molecule has 2 amide bonds. The number of carbonyl (C=O) groups is 2. The van der Waals surface area contributed by atoms with Gasteiger partial charge in [0.15, 0.2) is 0 Å². The zero-order valence-corrected chi connectivity index (χ0v) is 10.6. The maximum Gasteiger partial charge on any atom is 0.242 e. The highest BCUT2D eigenvalue weighted by atomic mass is 16.2. The van der Waals surface area contributed by atoms with Gasteiger partial charge in [0.05, 0.1) is 6.54 Å². The van der Waals surface area contributed by atoms with Crippen molar-refractivity contribution in [1.82, 2.24) is 16.0 Å². The van der Waals surface area contributed by atoms with E-state index >= 15 is 0 Å². The summed E-state index contributed by atoms with van der Waals surface area (Å²) in [7, 11) is 1.70. The molecule has 0 aromatic rings. The van der Waals surface area contributed by atoms with Gasteiger partial charge in [-0.05, 0) is 19.9 Å². The zero-order chi connectivity index (χ0) is 12.6. The fourth-order valence-corrected chi connectivity index (χ4v) is 1.37. The second-order valence-electron chi connectivity index (χ2n) is 3.86. The standard InChI is InChI=1S/C11H23N3O2/c1-5-8(3)10(11(16)13-6-2)14-9(15)7-12-4/h8,10,12H,5-7H2,1-4H3,(H,13,16)(H,14,15). The Balaban J connectivity index is 4.42. The Bertz CT molecular complexity index is 231. The average molecular weight is 229 g/mol. The third-order valence-corrected chi connectivity index (χ3v) is 2.50. The summed E-state index contributed by atoms with van der Waals surface area (Å²) >= 11 is 0. The van der Waals surface area contributed by atoms with Gasteiger partial charge in [-0.2, -0.15) is 0 Å². The van der Waals surface area contributed by atoms with Gasteiger partial charge in [-0.25, -0.2) is 0 Å². The molecule has 16 heavy (non-hydrogen) atoms. The molecule has 0 spiro atoms. The van der Waals surface area contributed by atoms with Gasteiger partial charge in [0.1, 0.15) is 6.04 Å². The molecule has 5 heteroatoms. The van der Waals surface area contributed by atoms with Crippen LogP contribution in [-0.2, 0) is 9.59 Å². The molecular formula is C11H23N3O2. The van der Waals surface area contributed by atoms with Crippen molar-refractivity contribution in [2.75, 3.05) is 20.1 Å². The second-order valence-corrected chi connectivity index (χ2v) is 3.86. The first kappa shape index (κ1) is 14.9. The van der Waals surface area contributed by atoms with E-state index in [1.165, 1.54) is 0 Å². The highest BCUT2D eigenvalue weighted by molar-refractivity contribution is 5.88. The molecule has 0 radical (unpaired) electrons. The third kappa shape index (κ3) is 5.11. The Morgan fingerprint density at radius 2 is 1.88 bits per heavy atom. The summed E-state index contributed by atoms with van der Waals surface area (Å²) in [5, 5.41) is 8.23. The normalized spacial score (nSPS) is 14.0. The van der Waals surface area contributed by atoms with Gasteiger partial charge in [-0.15, -0.1) is 0 Å². The van der Waals surface area contributed by atoms with Crippen molar-refractivity contribution >= 4 is 11.8 Å². The Morgan fingerprint density at radius 3 is 2.31 bits per heavy atom. The largest absolute Gasteiger partial charge is 0.355 e. The molecule has 2 atom stereocenters. The predicted molar refractivity (Wildman–Crippen MR) is 64.0 cm³/mol. The van der Waals surface area contributed by atoms with Gasteiger partial charge in [0.25, 0.3) is 0 Å². The number of hydrogen-bond acceptors (Lipinski definition) is 3. The fraction of sp³-hybridized carbons (Fsp3) is 0.818. The summed E-state index contributed by atoms with van der Waals surface area (Å²) in [6.07, 6.45) is 0.849. The van der Waals surface area contributed by atoms with Crippen LogP contribution in [-0.4, -0.2) is 38.0 Å². The summed E-state index contributed by atoms with van der Waals surface area (Å²) in [5.41, 5.74) is 0. The molecule has 0 saturated carbocycles. The van der Waals surface area contributed by atoms with Crippen LogP contribution in [0.25, 0.3) is 0 Å². The Hall–Kier alpha value is -1.10. The van der Waals surface area contributed by atoms with E-state index in [9.17, 15) is 9.59 Å². The highest BCUT2D eigenvalue weighted by Gasteiger charge is 2.24. The van der Waals surface area contributed by atoms with E-state index in [2.05, 4.69) is 16.0 Å². The van der Waals surface area contributed by atoms with Gasteiger partial charge in [-0.1, -0.05) is 20.3 Å². The summed E-state index contributed by atoms with van der Waals surface area (Å²) in [5.74, 6) is -0.132. The minimum Gasteiger partial charge on any atom is -0.355 e. The van der Waals surface area contributed by atoms with Crippen molar-refractivity contribution in [2.24, 2.45) is 5.92 Å². The van der Waals surface area contributed by atoms with Crippen LogP contribution in [0.3, 0.4) is 0 Å². The summed E-state index contributed by atoms with van der Waals surface area (Å²) in [6, 6.07) is -0.439. The number of amides is 2. The zero-order valence-electron chi connectivity index (χ0n) is 10.6. The molecule has 3 N–H and O–H groups in total. The van der Waals surface area contributed by atoms with Crippen LogP contribution < -0.4 is 16.0 Å². The molecule has 0 aliphatic rings. The van der Waals surface area contributed by atoms with Crippen molar-refractivity contribution in [2.45, 2.75) is 33.2 Å². The number of nitrogens with one attached hydrogen (secondary N) is 3. The van der Waals surface area contributed by atoms with Gasteiger partial charge < -0.3 is 16.0 Å². The molecule has 0 rings (SSSR count). The lowest BCUT2D eigenvalue weighted by Gasteiger charge is -2.23. The van der Waals surface area contributed by atoms with Crippen LogP contribution in [0, 0.1) is 5.92 Å². The summed E-state index contributed by atoms with van der Waals surface area (Å²) in [6.45, 7) is 6.63. The lowest BCUT2D eigenvalue weighted by Crippen LogP contribution is -2.51. The van der Waals surface area contributed by atoms with E-state index in [-0.39, 0.29) is 24.3 Å². The van der Waals surface area contributed by atoms with Crippen LogP contribution in [0.2, 0.25) is 0 Å². The van der Waals surface area contributed by atoms with Crippen LogP contribution >= 0.6 is 0 Å². The van der Waals surface area contributed by atoms with Gasteiger partial charge in [0, 0.05) is 6.54 Å². The molecule has 0 heterocycles. The topological polar surface area (TPSA) is 70.2 Å². The summed E-state index contributed by atoms with van der Waals surface area (Å²) in [4.78, 5) is 23.2. The van der Waals surface area contributed by atoms with Crippen LogP contribution in [0.15, 0.2) is 0 Å². The molecule has 0 aromatic heterocycles. The lowest BCUT2D eigenvalue weighted by atomic mass is 9.98. The lowest BCUT2D eigenvalue weighted by molar-refractivity contribution is -0.129. The number of carbonyl (C=O) groups excluding carboxylic acids is 2. The highest BCUT2D eigenvalue weighted by Crippen LogP contribution is 2.07. The van der Waals surface area contributed by atoms with E-state index in [0.29, 0.717) is 6.54 Å². The Kier molecular flexibility index (Phi) is 7.54. The molecule has 0 aliphatic heterocycles. The molecule has 94 valence electrons. The van der Waals surface area contributed by atoms with Gasteiger partial charge >= 0.3 is 0 Å². The first-order chi connectivity index (χ1) is 7.56. The van der Waals surface area contributed by atoms with E-state index in [0.717, 1.165) is 6.42 Å². The Morgan fingerprint density at radius 1 is 1.25 bits per heavy atom. The number of likely N-dealkylation sites (N-methyl/N-ethyl adjacent to an activating group) is 2. The first-order valence-electron chi connectivity index (χ1n) is 5.78. The monoisotopic (exact) mass is 229 g/mol. The molecule has 0 aliphatic carbocycles. The molecule has 0 aromatic carbocycles. The average Bonchev–Trinajstić information content (AvgIpc) is 2.25. The van der Waals surface area contributed by atoms with Crippen molar-refractivity contribution in [1.29, 1.82) is 0 Å². The first-order valence-corrected chi connectivity index (χ1v) is 5.78. The maximum absolute atomic E-state index is 11.7. The van der Waals surface area contributed by atoms with Crippen LogP contribution in [0.4, 0.5) is 0 Å².